The Balaban J connectivity index is 2.93. The summed E-state index contributed by atoms with van der Waals surface area (Å²) in [5.41, 5.74) is 0. The number of carbonyl (C=O) groups is 4. The molecule has 214 valence electrons. The van der Waals surface area contributed by atoms with Gasteiger partial charge in [0.2, 0.25) is 11.8 Å². The van der Waals surface area contributed by atoms with Crippen molar-refractivity contribution in [3.63, 3.8) is 0 Å². The van der Waals surface area contributed by atoms with Crippen LogP contribution in [0.2, 0.25) is 0 Å². The lowest BCUT2D eigenvalue weighted by molar-refractivity contribution is -0.160. The Kier molecular flexibility index (Phi) is 17.6. The average molecular weight is 529 g/mol. The van der Waals surface area contributed by atoms with Crippen molar-refractivity contribution in [2.45, 2.75) is 134 Å². The SMILES string of the molecule is CCCCCCCCC1CC(=O)N[C@@H](CO)C(=O)OC(CCCCCCC)CC(=O)N[C@@H](CO)C(=O)O1. The molecule has 0 spiro atoms. The normalized spacial score (nSPS) is 24.0. The van der Waals surface area contributed by atoms with Gasteiger partial charge in [-0.1, -0.05) is 71.6 Å². The van der Waals surface area contributed by atoms with E-state index in [1.807, 2.05) is 0 Å². The second-order valence-electron chi connectivity index (χ2n) is 9.89. The third-order valence-corrected chi connectivity index (χ3v) is 6.51. The van der Waals surface area contributed by atoms with Gasteiger partial charge in [0.15, 0.2) is 12.1 Å². The van der Waals surface area contributed by atoms with Crippen LogP contribution in [-0.4, -0.2) is 71.5 Å². The Bertz CT molecular complexity index is 687. The van der Waals surface area contributed by atoms with E-state index >= 15 is 0 Å². The summed E-state index contributed by atoms with van der Waals surface area (Å²) >= 11 is 0. The third kappa shape index (κ3) is 14.4. The highest BCUT2D eigenvalue weighted by Gasteiger charge is 2.31. The van der Waals surface area contributed by atoms with Crippen LogP contribution in [0.1, 0.15) is 110 Å². The van der Waals surface area contributed by atoms with Crippen LogP contribution >= 0.6 is 0 Å². The number of ether oxygens (including phenoxy) is 2. The predicted molar refractivity (Wildman–Crippen MR) is 138 cm³/mol. The zero-order chi connectivity index (χ0) is 27.5. The number of amides is 2. The van der Waals surface area contributed by atoms with Gasteiger partial charge >= 0.3 is 11.9 Å². The lowest BCUT2D eigenvalue weighted by atomic mass is 10.0. The highest BCUT2D eigenvalue weighted by Crippen LogP contribution is 2.16. The number of aliphatic hydroxyl groups excluding tert-OH is 2. The predicted octanol–water partition coefficient (Wildman–Crippen LogP) is 2.67. The number of aliphatic hydroxyl groups is 2. The maximum Gasteiger partial charge on any atom is 0.331 e. The molecule has 0 aromatic rings. The number of nitrogens with one attached hydrogen (secondary N) is 2. The van der Waals surface area contributed by atoms with Gasteiger partial charge < -0.3 is 30.3 Å². The van der Waals surface area contributed by atoms with Gasteiger partial charge in [0, 0.05) is 0 Å². The Labute approximate surface area is 221 Å². The van der Waals surface area contributed by atoms with Crippen molar-refractivity contribution in [3.8, 4) is 0 Å². The number of esters is 2. The highest BCUT2D eigenvalue weighted by atomic mass is 16.6. The molecule has 37 heavy (non-hydrogen) atoms. The van der Waals surface area contributed by atoms with E-state index in [2.05, 4.69) is 24.5 Å². The second-order valence-corrected chi connectivity index (χ2v) is 9.89. The van der Waals surface area contributed by atoms with Crippen molar-refractivity contribution in [1.82, 2.24) is 10.6 Å². The van der Waals surface area contributed by atoms with E-state index in [1.54, 1.807) is 0 Å². The summed E-state index contributed by atoms with van der Waals surface area (Å²) in [6, 6.07) is -2.56. The van der Waals surface area contributed by atoms with Crippen LogP contribution in [0, 0.1) is 0 Å². The maximum atomic E-state index is 12.7. The largest absolute Gasteiger partial charge is 0.460 e. The summed E-state index contributed by atoms with van der Waals surface area (Å²) in [6.45, 7) is 2.92. The van der Waals surface area contributed by atoms with Crippen molar-refractivity contribution < 1.29 is 38.9 Å². The molecule has 0 bridgehead atoms. The van der Waals surface area contributed by atoms with Gasteiger partial charge in [0.25, 0.3) is 0 Å². The minimum absolute atomic E-state index is 0.211. The smallest absolute Gasteiger partial charge is 0.331 e. The number of cyclic esters (lactones) is 2. The van der Waals surface area contributed by atoms with Crippen molar-refractivity contribution in [3.05, 3.63) is 0 Å². The highest BCUT2D eigenvalue weighted by molar-refractivity contribution is 5.87. The van der Waals surface area contributed by atoms with E-state index in [-0.39, 0.29) is 12.8 Å². The number of carbonyl (C=O) groups excluding carboxylic acids is 4. The number of hydrogen-bond donors (Lipinski definition) is 4. The van der Waals surface area contributed by atoms with E-state index in [9.17, 15) is 29.4 Å². The van der Waals surface area contributed by atoms with Crippen LogP contribution in [-0.2, 0) is 28.7 Å². The van der Waals surface area contributed by atoms with Gasteiger partial charge in [-0.05, 0) is 25.7 Å². The Morgan fingerprint density at radius 2 is 0.973 bits per heavy atom. The first kappa shape index (κ1) is 32.8. The summed E-state index contributed by atoms with van der Waals surface area (Å²) in [7, 11) is 0. The monoisotopic (exact) mass is 528 g/mol. The average Bonchev–Trinajstić information content (AvgIpc) is 2.86. The molecule has 0 aromatic carbocycles. The van der Waals surface area contributed by atoms with E-state index in [4.69, 9.17) is 9.47 Å². The minimum Gasteiger partial charge on any atom is -0.460 e. The zero-order valence-corrected chi connectivity index (χ0v) is 22.7. The third-order valence-electron chi connectivity index (χ3n) is 6.51. The first-order valence-corrected chi connectivity index (χ1v) is 14.1. The van der Waals surface area contributed by atoms with Crippen molar-refractivity contribution in [2.24, 2.45) is 0 Å². The van der Waals surface area contributed by atoms with Gasteiger partial charge in [0.05, 0.1) is 26.1 Å². The molecule has 1 saturated heterocycles. The first-order chi connectivity index (χ1) is 17.8. The van der Waals surface area contributed by atoms with Crippen LogP contribution in [0.3, 0.4) is 0 Å². The molecule has 1 fully saturated rings. The fourth-order valence-corrected chi connectivity index (χ4v) is 4.30. The van der Waals surface area contributed by atoms with Gasteiger partial charge in [-0.15, -0.1) is 0 Å². The molecule has 0 radical (unpaired) electrons. The van der Waals surface area contributed by atoms with Crippen LogP contribution in [0.25, 0.3) is 0 Å². The molecular formula is C27H48N2O8. The van der Waals surface area contributed by atoms with Crippen molar-refractivity contribution in [2.75, 3.05) is 13.2 Å². The van der Waals surface area contributed by atoms with Crippen molar-refractivity contribution >= 4 is 23.8 Å². The Morgan fingerprint density at radius 1 is 0.622 bits per heavy atom. The van der Waals surface area contributed by atoms with E-state index in [1.165, 1.54) is 0 Å². The van der Waals surface area contributed by atoms with Crippen LogP contribution in [0.5, 0.6) is 0 Å². The molecule has 1 heterocycles. The van der Waals surface area contributed by atoms with Crippen molar-refractivity contribution in [1.29, 1.82) is 0 Å². The topological polar surface area (TPSA) is 151 Å². The standard InChI is InChI=1S/C27H48N2O8/c1-3-5-7-9-11-13-15-21-17-25(33)29-22(18-30)26(34)36-20(14-12-10-8-6-4-2)16-24(32)28-23(19-31)27(35)37-21/h20-23,30-31H,3-19H2,1-2H3,(H,28,32)(H,29,33)/t20?,21?,22-,23-/m0/s1. The maximum absolute atomic E-state index is 12.7. The molecule has 2 amide bonds. The molecule has 10 nitrogen and oxygen atoms in total. The number of unbranched alkanes of at least 4 members (excludes halogenated alkanes) is 9. The quantitative estimate of drug-likeness (QED) is 0.187. The molecule has 1 aliphatic heterocycles. The Morgan fingerprint density at radius 3 is 1.32 bits per heavy atom. The molecule has 4 atom stereocenters. The molecule has 1 rings (SSSR count). The number of rotatable bonds is 15. The zero-order valence-electron chi connectivity index (χ0n) is 22.7. The first-order valence-electron chi connectivity index (χ1n) is 14.1. The molecule has 2 unspecified atom stereocenters. The number of hydrogen-bond acceptors (Lipinski definition) is 8. The van der Waals surface area contributed by atoms with Gasteiger partial charge in [-0.2, -0.15) is 0 Å². The summed E-state index contributed by atoms with van der Waals surface area (Å²) < 4.78 is 11.0. The van der Waals surface area contributed by atoms with Crippen LogP contribution in [0.4, 0.5) is 0 Å². The fraction of sp³-hybridized carbons (Fsp3) is 0.852. The van der Waals surface area contributed by atoms with Crippen LogP contribution < -0.4 is 10.6 Å². The summed E-state index contributed by atoms with van der Waals surface area (Å²) in [6.07, 6.45) is 9.74. The summed E-state index contributed by atoms with van der Waals surface area (Å²) in [5.74, 6) is -2.75. The molecule has 0 aromatic heterocycles. The second kappa shape index (κ2) is 19.9. The van der Waals surface area contributed by atoms with Gasteiger partial charge in [0.1, 0.15) is 12.2 Å². The minimum atomic E-state index is -1.28. The molecule has 0 aliphatic carbocycles. The van der Waals surface area contributed by atoms with Gasteiger partial charge in [-0.25, -0.2) is 9.59 Å². The summed E-state index contributed by atoms with van der Waals surface area (Å²) in [5, 5.41) is 24.4. The molecule has 0 saturated carbocycles. The molecule has 4 N–H and O–H groups in total. The van der Waals surface area contributed by atoms with E-state index in [0.29, 0.717) is 12.8 Å². The molecule has 1 aliphatic rings. The fourth-order valence-electron chi connectivity index (χ4n) is 4.30. The van der Waals surface area contributed by atoms with E-state index < -0.39 is 61.3 Å². The summed E-state index contributed by atoms with van der Waals surface area (Å²) in [4.78, 5) is 50.8. The lowest BCUT2D eigenvalue weighted by Gasteiger charge is -2.25. The lowest BCUT2D eigenvalue weighted by Crippen LogP contribution is -2.49. The van der Waals surface area contributed by atoms with Crippen LogP contribution in [0.15, 0.2) is 0 Å². The molecule has 10 heteroatoms. The Hall–Kier alpha value is -2.20. The van der Waals surface area contributed by atoms with Gasteiger partial charge in [-0.3, -0.25) is 9.59 Å². The van der Waals surface area contributed by atoms with E-state index in [0.717, 1.165) is 70.6 Å². The molecular weight excluding hydrogens is 480 g/mol.